The first-order valence-electron chi connectivity index (χ1n) is 4.80. The van der Waals surface area contributed by atoms with Gasteiger partial charge in [-0.05, 0) is 35.4 Å². The van der Waals surface area contributed by atoms with Crippen molar-refractivity contribution in [1.82, 2.24) is 0 Å². The fraction of sp³-hybridized carbons (Fsp3) is 0. The van der Waals surface area contributed by atoms with Crippen LogP contribution in [-0.2, 0) is 0 Å². The number of benzene rings is 2. The fourth-order valence-electron chi connectivity index (χ4n) is 1.53. The van der Waals surface area contributed by atoms with Crippen molar-refractivity contribution in [2.75, 3.05) is 0 Å². The van der Waals surface area contributed by atoms with Crippen LogP contribution in [0.5, 0.6) is 5.75 Å². The van der Waals surface area contributed by atoms with Crippen molar-refractivity contribution in [1.29, 1.82) is 5.26 Å². The highest BCUT2D eigenvalue weighted by atomic mass is 19.1. The molecule has 17 heavy (non-hydrogen) atoms. The van der Waals surface area contributed by atoms with Crippen LogP contribution in [0.4, 0.5) is 8.78 Å². The summed E-state index contributed by atoms with van der Waals surface area (Å²) in [6, 6.07) is 9.10. The maximum atomic E-state index is 13.0. The van der Waals surface area contributed by atoms with Crippen molar-refractivity contribution in [3.63, 3.8) is 0 Å². The summed E-state index contributed by atoms with van der Waals surface area (Å²) in [7, 11) is 0. The topological polar surface area (TPSA) is 44.0 Å². The number of phenolic OH excluding ortho intramolecular Hbond substituents is 1. The molecule has 2 aromatic carbocycles. The minimum absolute atomic E-state index is 0.116. The third-order valence-electron chi connectivity index (χ3n) is 2.31. The first-order chi connectivity index (χ1) is 8.10. The molecule has 1 N–H and O–H groups in total. The molecule has 0 unspecified atom stereocenters. The summed E-state index contributed by atoms with van der Waals surface area (Å²) in [4.78, 5) is 0. The molecule has 0 saturated heterocycles. The smallest absolute Gasteiger partial charge is 0.133 e. The molecule has 84 valence electrons. The summed E-state index contributed by atoms with van der Waals surface area (Å²) >= 11 is 0. The van der Waals surface area contributed by atoms with Gasteiger partial charge in [-0.25, -0.2) is 8.78 Å². The van der Waals surface area contributed by atoms with Gasteiger partial charge in [0.05, 0.1) is 5.56 Å². The van der Waals surface area contributed by atoms with E-state index in [-0.39, 0.29) is 11.3 Å². The Morgan fingerprint density at radius 1 is 0.941 bits per heavy atom. The third kappa shape index (κ3) is 2.23. The van der Waals surface area contributed by atoms with E-state index in [0.29, 0.717) is 11.1 Å². The zero-order chi connectivity index (χ0) is 12.4. The molecule has 2 nitrogen and oxygen atoms in total. The van der Waals surface area contributed by atoms with E-state index in [1.54, 1.807) is 6.07 Å². The fourth-order valence-corrected chi connectivity index (χ4v) is 1.53. The van der Waals surface area contributed by atoms with E-state index in [9.17, 15) is 13.9 Å². The molecular formula is C13H7F2NO. The van der Waals surface area contributed by atoms with Gasteiger partial charge in [0.2, 0.25) is 0 Å². The Hall–Kier alpha value is -2.41. The molecule has 2 rings (SSSR count). The molecule has 0 radical (unpaired) electrons. The monoisotopic (exact) mass is 231 g/mol. The van der Waals surface area contributed by atoms with Gasteiger partial charge in [-0.15, -0.1) is 0 Å². The highest BCUT2D eigenvalue weighted by Gasteiger charge is 2.06. The molecule has 0 amide bonds. The third-order valence-corrected chi connectivity index (χ3v) is 2.31. The first kappa shape index (κ1) is 11.1. The van der Waals surface area contributed by atoms with Crippen LogP contribution in [0.25, 0.3) is 11.1 Å². The van der Waals surface area contributed by atoms with Crippen LogP contribution < -0.4 is 0 Å². The molecule has 0 saturated carbocycles. The van der Waals surface area contributed by atoms with E-state index < -0.39 is 11.6 Å². The number of phenols is 1. The maximum absolute atomic E-state index is 13.0. The van der Waals surface area contributed by atoms with E-state index in [1.165, 1.54) is 18.2 Å². The lowest BCUT2D eigenvalue weighted by Crippen LogP contribution is -1.85. The highest BCUT2D eigenvalue weighted by Crippen LogP contribution is 2.27. The first-order valence-corrected chi connectivity index (χ1v) is 4.80. The molecular weight excluding hydrogens is 224 g/mol. The normalized spacial score (nSPS) is 9.94. The van der Waals surface area contributed by atoms with E-state index in [0.717, 1.165) is 18.2 Å². The Bertz CT molecular complexity index is 597. The summed E-state index contributed by atoms with van der Waals surface area (Å²) in [6.07, 6.45) is 0. The quantitative estimate of drug-likeness (QED) is 0.818. The Morgan fingerprint density at radius 2 is 1.59 bits per heavy atom. The average Bonchev–Trinajstić information content (AvgIpc) is 2.27. The molecule has 0 aliphatic heterocycles. The number of aromatic hydroxyl groups is 1. The summed E-state index contributed by atoms with van der Waals surface area (Å²) in [5.41, 5.74) is 0.868. The summed E-state index contributed by atoms with van der Waals surface area (Å²) in [6.45, 7) is 0. The number of hydrogen-bond donors (Lipinski definition) is 1. The highest BCUT2D eigenvalue weighted by molar-refractivity contribution is 5.67. The Balaban J connectivity index is 2.54. The number of halogens is 2. The number of nitrogens with zero attached hydrogens (tertiary/aromatic N) is 1. The van der Waals surface area contributed by atoms with Crippen LogP contribution >= 0.6 is 0 Å². The molecule has 0 aliphatic carbocycles. The lowest BCUT2D eigenvalue weighted by Gasteiger charge is -2.04. The minimum atomic E-state index is -0.691. The van der Waals surface area contributed by atoms with E-state index in [2.05, 4.69) is 0 Å². The van der Waals surface area contributed by atoms with Crippen LogP contribution in [0.2, 0.25) is 0 Å². The van der Waals surface area contributed by atoms with Gasteiger partial charge in [0, 0.05) is 6.07 Å². The van der Waals surface area contributed by atoms with Crippen LogP contribution in [-0.4, -0.2) is 5.11 Å². The van der Waals surface area contributed by atoms with E-state index >= 15 is 0 Å². The molecule has 0 heterocycles. The van der Waals surface area contributed by atoms with Gasteiger partial charge in [-0.2, -0.15) is 5.26 Å². The van der Waals surface area contributed by atoms with Gasteiger partial charge in [0.15, 0.2) is 0 Å². The lowest BCUT2D eigenvalue weighted by atomic mass is 10.0. The Kier molecular flexibility index (Phi) is 2.75. The molecule has 2 aromatic rings. The van der Waals surface area contributed by atoms with Crippen LogP contribution in [0.15, 0.2) is 36.4 Å². The molecule has 0 fully saturated rings. The van der Waals surface area contributed by atoms with Crippen LogP contribution in [0, 0.1) is 23.0 Å². The SMILES string of the molecule is N#Cc1ccc(-c2cc(F)cc(F)c2)cc1O. The van der Waals surface area contributed by atoms with Gasteiger partial charge < -0.3 is 5.11 Å². The van der Waals surface area contributed by atoms with Crippen molar-refractivity contribution in [2.45, 2.75) is 0 Å². The average molecular weight is 231 g/mol. The zero-order valence-corrected chi connectivity index (χ0v) is 8.61. The minimum Gasteiger partial charge on any atom is -0.507 e. The Morgan fingerprint density at radius 3 is 2.12 bits per heavy atom. The summed E-state index contributed by atoms with van der Waals surface area (Å²) in [5, 5.41) is 18.1. The van der Waals surface area contributed by atoms with Crippen molar-refractivity contribution < 1.29 is 13.9 Å². The van der Waals surface area contributed by atoms with Crippen molar-refractivity contribution in [3.8, 4) is 22.9 Å². The maximum Gasteiger partial charge on any atom is 0.133 e. The van der Waals surface area contributed by atoms with Gasteiger partial charge in [0.1, 0.15) is 23.5 Å². The molecule has 0 aromatic heterocycles. The number of hydrogen-bond acceptors (Lipinski definition) is 2. The van der Waals surface area contributed by atoms with E-state index in [4.69, 9.17) is 5.26 Å². The van der Waals surface area contributed by atoms with Crippen molar-refractivity contribution in [2.24, 2.45) is 0 Å². The molecule has 0 bridgehead atoms. The van der Waals surface area contributed by atoms with Crippen molar-refractivity contribution >= 4 is 0 Å². The van der Waals surface area contributed by atoms with Gasteiger partial charge in [0.25, 0.3) is 0 Å². The van der Waals surface area contributed by atoms with Gasteiger partial charge >= 0.3 is 0 Å². The summed E-state index contributed by atoms with van der Waals surface area (Å²) < 4.78 is 26.0. The Labute approximate surface area is 96.4 Å². The second kappa shape index (κ2) is 4.22. The molecule has 0 spiro atoms. The van der Waals surface area contributed by atoms with Crippen molar-refractivity contribution in [3.05, 3.63) is 53.6 Å². The van der Waals surface area contributed by atoms with Crippen LogP contribution in [0.1, 0.15) is 5.56 Å². The second-order valence-corrected chi connectivity index (χ2v) is 3.50. The second-order valence-electron chi connectivity index (χ2n) is 3.50. The van der Waals surface area contributed by atoms with E-state index in [1.807, 2.05) is 0 Å². The predicted octanol–water partition coefficient (Wildman–Crippen LogP) is 3.21. The summed E-state index contributed by atoms with van der Waals surface area (Å²) in [5.74, 6) is -1.60. The standard InChI is InChI=1S/C13H7F2NO/c14-11-3-10(4-12(15)6-11)8-1-2-9(7-16)13(17)5-8/h1-6,17H. The molecule has 0 atom stereocenters. The number of nitriles is 1. The largest absolute Gasteiger partial charge is 0.507 e. The van der Waals surface area contributed by atoms with Gasteiger partial charge in [-0.1, -0.05) is 6.07 Å². The molecule has 4 heteroatoms. The lowest BCUT2D eigenvalue weighted by molar-refractivity contribution is 0.474. The number of rotatable bonds is 1. The van der Waals surface area contributed by atoms with Crippen LogP contribution in [0.3, 0.4) is 0 Å². The predicted molar refractivity (Wildman–Crippen MR) is 58.2 cm³/mol. The molecule has 0 aliphatic rings. The zero-order valence-electron chi connectivity index (χ0n) is 8.61. The van der Waals surface area contributed by atoms with Gasteiger partial charge in [-0.3, -0.25) is 0 Å².